The van der Waals surface area contributed by atoms with Crippen molar-refractivity contribution in [3.8, 4) is 5.75 Å². The third-order valence-electron chi connectivity index (χ3n) is 6.53. The van der Waals surface area contributed by atoms with Crippen molar-refractivity contribution >= 4 is 34.0 Å². The summed E-state index contributed by atoms with van der Waals surface area (Å²) in [5.41, 5.74) is 0.214. The van der Waals surface area contributed by atoms with E-state index in [0.717, 1.165) is 23.7 Å². The van der Waals surface area contributed by atoms with Crippen LogP contribution in [0.4, 0.5) is 11.4 Å². The molecule has 1 aromatic heterocycles. The molecular formula is C27H32N4O4. The van der Waals surface area contributed by atoms with Crippen LogP contribution in [-0.4, -0.2) is 50.2 Å². The van der Waals surface area contributed by atoms with Crippen LogP contribution in [0, 0.1) is 5.41 Å². The lowest BCUT2D eigenvalue weighted by atomic mass is 9.90. The Hall–Kier alpha value is -3.65. The minimum atomic E-state index is -1.13. The first kappa shape index (κ1) is 24.5. The Kier molecular flexibility index (Phi) is 6.93. The van der Waals surface area contributed by atoms with Gasteiger partial charge in [0.05, 0.1) is 18.0 Å². The second kappa shape index (κ2) is 9.92. The Morgan fingerprint density at radius 3 is 2.37 bits per heavy atom. The van der Waals surface area contributed by atoms with Gasteiger partial charge in [-0.1, -0.05) is 18.2 Å². The van der Waals surface area contributed by atoms with Gasteiger partial charge in [-0.25, -0.2) is 0 Å². The van der Waals surface area contributed by atoms with Crippen LogP contribution in [0.3, 0.4) is 0 Å². The zero-order chi connectivity index (χ0) is 25.2. The van der Waals surface area contributed by atoms with E-state index in [9.17, 15) is 14.4 Å². The van der Waals surface area contributed by atoms with Crippen molar-refractivity contribution in [2.75, 3.05) is 43.6 Å². The molecule has 0 aliphatic carbocycles. The number of pyridine rings is 1. The van der Waals surface area contributed by atoms with Crippen LogP contribution in [0.15, 0.2) is 59.5 Å². The maximum Gasteiger partial charge on any atom is 0.258 e. The van der Waals surface area contributed by atoms with E-state index in [1.807, 2.05) is 48.7 Å². The van der Waals surface area contributed by atoms with E-state index >= 15 is 0 Å². The zero-order valence-electron chi connectivity index (χ0n) is 20.7. The second-order valence-corrected chi connectivity index (χ2v) is 9.36. The molecule has 2 heterocycles. The van der Waals surface area contributed by atoms with Gasteiger partial charge in [0.25, 0.3) is 5.56 Å². The molecular weight excluding hydrogens is 444 g/mol. The predicted octanol–water partition coefficient (Wildman–Crippen LogP) is 3.03. The first-order chi connectivity index (χ1) is 16.7. The number of aromatic nitrogens is 1. The number of amides is 2. The third kappa shape index (κ3) is 4.79. The zero-order valence-corrected chi connectivity index (χ0v) is 20.7. The summed E-state index contributed by atoms with van der Waals surface area (Å²) in [6.45, 7) is 5.82. The van der Waals surface area contributed by atoms with E-state index in [-0.39, 0.29) is 17.4 Å². The number of hydrogen-bond acceptors (Lipinski definition) is 5. The molecule has 1 aliphatic heterocycles. The molecule has 4 rings (SSSR count). The van der Waals surface area contributed by atoms with Crippen molar-refractivity contribution in [3.63, 3.8) is 0 Å². The van der Waals surface area contributed by atoms with E-state index < -0.39 is 5.41 Å². The maximum absolute atomic E-state index is 12.9. The Morgan fingerprint density at radius 1 is 0.886 bits per heavy atom. The van der Waals surface area contributed by atoms with Gasteiger partial charge in [0.15, 0.2) is 0 Å². The normalized spacial score (nSPS) is 15.3. The molecule has 0 radical (unpaired) electrons. The summed E-state index contributed by atoms with van der Waals surface area (Å²) in [6, 6.07) is 15.0. The summed E-state index contributed by atoms with van der Waals surface area (Å²) < 4.78 is 7.63. The third-order valence-corrected chi connectivity index (χ3v) is 6.53. The van der Waals surface area contributed by atoms with E-state index in [2.05, 4.69) is 5.32 Å². The summed E-state index contributed by atoms with van der Waals surface area (Å²) >= 11 is 0. The molecule has 0 spiro atoms. The molecule has 8 heteroatoms. The second-order valence-electron chi connectivity index (χ2n) is 9.36. The summed E-state index contributed by atoms with van der Waals surface area (Å²) in [5.74, 6) is 0.158. The van der Waals surface area contributed by atoms with Gasteiger partial charge < -0.3 is 24.4 Å². The number of benzene rings is 2. The molecule has 2 amide bonds. The van der Waals surface area contributed by atoms with Crippen molar-refractivity contribution in [2.45, 2.75) is 26.8 Å². The van der Waals surface area contributed by atoms with Crippen molar-refractivity contribution in [1.82, 2.24) is 9.88 Å². The van der Waals surface area contributed by atoms with E-state index in [1.54, 1.807) is 38.6 Å². The average Bonchev–Trinajstić information content (AvgIpc) is 2.91. The molecule has 0 atom stereocenters. The average molecular weight is 477 g/mol. The highest BCUT2D eigenvalue weighted by Gasteiger charge is 2.44. The summed E-state index contributed by atoms with van der Waals surface area (Å²) in [5, 5.41) is 5.03. The number of carbonyl (C=O) groups excluding carboxylic acids is 2. The molecule has 1 N–H and O–H groups in total. The Bertz CT molecular complexity index is 1310. The summed E-state index contributed by atoms with van der Waals surface area (Å²) in [4.78, 5) is 41.2. The topological polar surface area (TPSA) is 83.9 Å². The number of nitrogens with zero attached hydrogens (tertiary/aromatic N) is 3. The number of rotatable bonds is 8. The molecule has 1 aliphatic rings. The van der Waals surface area contributed by atoms with Crippen molar-refractivity contribution < 1.29 is 14.3 Å². The maximum atomic E-state index is 12.9. The van der Waals surface area contributed by atoms with Crippen molar-refractivity contribution in [1.29, 1.82) is 0 Å². The van der Waals surface area contributed by atoms with Crippen LogP contribution in [0.5, 0.6) is 5.75 Å². The largest absolute Gasteiger partial charge is 0.493 e. The molecule has 184 valence electrons. The highest BCUT2D eigenvalue weighted by molar-refractivity contribution is 6.19. The molecule has 8 nitrogen and oxygen atoms in total. The first-order valence-electron chi connectivity index (χ1n) is 11.8. The molecule has 0 saturated heterocycles. The van der Waals surface area contributed by atoms with E-state index in [0.29, 0.717) is 36.8 Å². The van der Waals surface area contributed by atoms with Gasteiger partial charge in [0.2, 0.25) is 11.8 Å². The molecule has 0 fully saturated rings. The number of anilines is 2. The van der Waals surface area contributed by atoms with Crippen LogP contribution in [0.25, 0.3) is 10.8 Å². The molecule has 0 unspecified atom stereocenters. The van der Waals surface area contributed by atoms with Gasteiger partial charge in [0.1, 0.15) is 11.2 Å². The number of ether oxygens (including phenoxy) is 1. The molecule has 0 saturated carbocycles. The highest BCUT2D eigenvalue weighted by Crippen LogP contribution is 2.39. The first-order valence-corrected chi connectivity index (χ1v) is 11.8. The van der Waals surface area contributed by atoms with Gasteiger partial charge in [-0.05, 0) is 56.5 Å². The smallest absolute Gasteiger partial charge is 0.258 e. The van der Waals surface area contributed by atoms with E-state index in [4.69, 9.17) is 4.74 Å². The van der Waals surface area contributed by atoms with Gasteiger partial charge >= 0.3 is 0 Å². The molecule has 3 aromatic rings. The standard InChI is InChI=1S/C27H32N4O4/c1-27(2)25(33)29(3)22-11-10-20(18-23(22)30(4)26(27)34)35-17-7-13-28-14-16-31-15-12-19-8-5-6-9-21(19)24(31)32/h5-6,8-12,15,18,28H,7,13-14,16-17H2,1-4H3. The van der Waals surface area contributed by atoms with Crippen LogP contribution < -0.4 is 25.4 Å². The minimum Gasteiger partial charge on any atom is -0.493 e. The van der Waals surface area contributed by atoms with E-state index in [1.165, 1.54) is 9.80 Å². The fourth-order valence-electron chi connectivity index (χ4n) is 4.41. The summed E-state index contributed by atoms with van der Waals surface area (Å²) in [6.07, 6.45) is 2.62. The Morgan fingerprint density at radius 2 is 1.60 bits per heavy atom. The number of fused-ring (bicyclic) bond motifs is 2. The van der Waals surface area contributed by atoms with Crippen molar-refractivity contribution in [2.24, 2.45) is 5.41 Å². The predicted molar refractivity (Wildman–Crippen MR) is 138 cm³/mol. The quantitative estimate of drug-likeness (QED) is 0.399. The van der Waals surface area contributed by atoms with Crippen LogP contribution in [0.2, 0.25) is 0 Å². The number of nitrogens with one attached hydrogen (secondary N) is 1. The number of hydrogen-bond donors (Lipinski definition) is 1. The SMILES string of the molecule is CN1C(=O)C(C)(C)C(=O)N(C)c2cc(OCCCNCCn3ccc4ccccc4c3=O)ccc21. The van der Waals surface area contributed by atoms with Gasteiger partial charge in [0, 0.05) is 44.8 Å². The molecule has 2 aromatic carbocycles. The van der Waals surface area contributed by atoms with Crippen LogP contribution in [0.1, 0.15) is 20.3 Å². The van der Waals surface area contributed by atoms with Gasteiger partial charge in [-0.3, -0.25) is 14.4 Å². The molecule has 35 heavy (non-hydrogen) atoms. The minimum absolute atomic E-state index is 0.0237. The van der Waals surface area contributed by atoms with Crippen LogP contribution in [-0.2, 0) is 16.1 Å². The molecule has 0 bridgehead atoms. The van der Waals surface area contributed by atoms with Crippen molar-refractivity contribution in [3.05, 3.63) is 65.1 Å². The van der Waals surface area contributed by atoms with Gasteiger partial charge in [-0.15, -0.1) is 0 Å². The highest BCUT2D eigenvalue weighted by atomic mass is 16.5. The lowest BCUT2D eigenvalue weighted by Crippen LogP contribution is -2.46. The van der Waals surface area contributed by atoms with Gasteiger partial charge in [-0.2, -0.15) is 0 Å². The fraction of sp³-hybridized carbons (Fsp3) is 0.370. The monoisotopic (exact) mass is 476 g/mol. The Balaban J connectivity index is 1.27. The lowest BCUT2D eigenvalue weighted by molar-refractivity contribution is -0.137. The number of carbonyl (C=O) groups is 2. The fourth-order valence-corrected chi connectivity index (χ4v) is 4.41. The lowest BCUT2D eigenvalue weighted by Gasteiger charge is -2.25. The van der Waals surface area contributed by atoms with Crippen LogP contribution >= 0.6 is 0 Å². The summed E-state index contributed by atoms with van der Waals surface area (Å²) in [7, 11) is 3.37. The Labute approximate surface area is 205 Å².